The van der Waals surface area contributed by atoms with Crippen LogP contribution in [-0.2, 0) is 0 Å². The van der Waals surface area contributed by atoms with Crippen molar-refractivity contribution < 1.29 is 9.72 Å². The van der Waals surface area contributed by atoms with Crippen molar-refractivity contribution in [2.75, 3.05) is 0 Å². The zero-order valence-electron chi connectivity index (χ0n) is 14.0. The van der Waals surface area contributed by atoms with Gasteiger partial charge in [0.25, 0.3) is 11.6 Å². The largest absolute Gasteiger partial charge is 0.291 e. The summed E-state index contributed by atoms with van der Waals surface area (Å²) in [5.41, 5.74) is 4.63. The lowest BCUT2D eigenvalue weighted by Gasteiger charge is -2.01. The van der Waals surface area contributed by atoms with Crippen molar-refractivity contribution in [3.63, 3.8) is 0 Å². The van der Waals surface area contributed by atoms with Crippen LogP contribution in [-0.4, -0.2) is 26.7 Å². The van der Waals surface area contributed by atoms with E-state index in [-0.39, 0.29) is 11.4 Å². The van der Waals surface area contributed by atoms with Crippen LogP contribution in [0.25, 0.3) is 10.6 Å². The number of carbonyl (C=O) groups excluding carboxylic acids is 1. The molecule has 1 aromatic carbocycles. The van der Waals surface area contributed by atoms with Gasteiger partial charge in [-0.05, 0) is 49.7 Å². The maximum Gasteiger partial charge on any atom is 0.291 e. The van der Waals surface area contributed by atoms with Crippen LogP contribution in [0, 0.1) is 17.0 Å². The fraction of sp³-hybridized carbons (Fsp3) is 0.118. The summed E-state index contributed by atoms with van der Waals surface area (Å²) < 4.78 is 0. The van der Waals surface area contributed by atoms with Crippen LogP contribution in [0.15, 0.2) is 47.6 Å². The third-order valence-electron chi connectivity index (χ3n) is 3.64. The number of nitro groups is 1. The van der Waals surface area contributed by atoms with E-state index in [1.807, 2.05) is 19.1 Å². The van der Waals surface area contributed by atoms with Gasteiger partial charge in [0, 0.05) is 17.0 Å². The van der Waals surface area contributed by atoms with E-state index in [0.717, 1.165) is 10.6 Å². The number of aromatic amines is 1. The molecule has 132 valence electrons. The number of hydrogen-bond donors (Lipinski definition) is 2. The topological polar surface area (TPSA) is 113 Å². The van der Waals surface area contributed by atoms with Gasteiger partial charge in [-0.25, -0.2) is 5.43 Å². The maximum absolute atomic E-state index is 12.2. The maximum atomic E-state index is 12.2. The number of H-pyrrole nitrogens is 1. The molecule has 2 N–H and O–H groups in total. The number of thiophene rings is 1. The summed E-state index contributed by atoms with van der Waals surface area (Å²) in [6.45, 7) is 3.71. The number of nitrogens with zero attached hydrogens (tertiary/aromatic N) is 3. The number of carbonyl (C=O) groups is 1. The first-order chi connectivity index (χ1) is 12.4. The average molecular weight is 369 g/mol. The van der Waals surface area contributed by atoms with Crippen LogP contribution in [0.3, 0.4) is 0 Å². The first-order valence-corrected chi connectivity index (χ1v) is 8.47. The smallest absolute Gasteiger partial charge is 0.276 e. The SMILES string of the molecule is CC(=NNC(=O)c1cc(-c2ccc(C)s2)[nH]n1)c1ccc([N+](=O)[O-])cc1. The number of hydrogen-bond acceptors (Lipinski definition) is 6. The second-order valence-corrected chi connectivity index (χ2v) is 6.81. The predicted octanol–water partition coefficient (Wildman–Crippen LogP) is 3.51. The van der Waals surface area contributed by atoms with Gasteiger partial charge in [-0.2, -0.15) is 10.2 Å². The number of amides is 1. The summed E-state index contributed by atoms with van der Waals surface area (Å²) in [7, 11) is 0. The minimum atomic E-state index is -0.470. The van der Waals surface area contributed by atoms with Crippen LogP contribution >= 0.6 is 11.3 Å². The fourth-order valence-electron chi connectivity index (χ4n) is 2.22. The Morgan fingerprint density at radius 1 is 1.27 bits per heavy atom. The Kier molecular flexibility index (Phi) is 4.90. The molecule has 3 aromatic rings. The zero-order chi connectivity index (χ0) is 18.7. The highest BCUT2D eigenvalue weighted by molar-refractivity contribution is 7.15. The van der Waals surface area contributed by atoms with Gasteiger partial charge in [-0.3, -0.25) is 20.0 Å². The van der Waals surface area contributed by atoms with Gasteiger partial charge in [-0.15, -0.1) is 11.3 Å². The Bertz CT molecular complexity index is 988. The molecular weight excluding hydrogens is 354 g/mol. The predicted molar refractivity (Wildman–Crippen MR) is 99.4 cm³/mol. The number of rotatable bonds is 5. The minimum absolute atomic E-state index is 0.00143. The molecule has 0 unspecified atom stereocenters. The molecule has 0 aliphatic heterocycles. The number of non-ortho nitro benzene ring substituents is 1. The lowest BCUT2D eigenvalue weighted by Crippen LogP contribution is -2.19. The molecule has 8 nitrogen and oxygen atoms in total. The highest BCUT2D eigenvalue weighted by Crippen LogP contribution is 2.26. The van der Waals surface area contributed by atoms with E-state index in [1.54, 1.807) is 36.5 Å². The Labute approximate surface area is 152 Å². The molecule has 9 heteroatoms. The number of nitro benzene ring substituents is 1. The average Bonchev–Trinajstić information content (AvgIpc) is 3.28. The Hall–Kier alpha value is -3.33. The number of hydrazone groups is 1. The molecule has 3 rings (SSSR count). The Morgan fingerprint density at radius 3 is 2.62 bits per heavy atom. The summed E-state index contributed by atoms with van der Waals surface area (Å²) in [6.07, 6.45) is 0. The van der Waals surface area contributed by atoms with E-state index in [9.17, 15) is 14.9 Å². The summed E-state index contributed by atoms with van der Waals surface area (Å²) in [6, 6.07) is 11.6. The zero-order valence-corrected chi connectivity index (χ0v) is 14.8. The van der Waals surface area contributed by atoms with E-state index in [2.05, 4.69) is 20.7 Å². The molecule has 26 heavy (non-hydrogen) atoms. The lowest BCUT2D eigenvalue weighted by molar-refractivity contribution is -0.384. The monoisotopic (exact) mass is 369 g/mol. The van der Waals surface area contributed by atoms with Crippen molar-refractivity contribution >= 4 is 28.6 Å². The number of nitrogens with one attached hydrogen (secondary N) is 2. The summed E-state index contributed by atoms with van der Waals surface area (Å²) in [4.78, 5) is 24.6. The summed E-state index contributed by atoms with van der Waals surface area (Å²) in [5.74, 6) is -0.443. The van der Waals surface area contributed by atoms with Gasteiger partial charge >= 0.3 is 0 Å². The van der Waals surface area contributed by atoms with Crippen molar-refractivity contribution in [2.45, 2.75) is 13.8 Å². The van der Waals surface area contributed by atoms with Crippen LogP contribution in [0.5, 0.6) is 0 Å². The van der Waals surface area contributed by atoms with Crippen LogP contribution in [0.4, 0.5) is 5.69 Å². The van der Waals surface area contributed by atoms with E-state index in [4.69, 9.17) is 0 Å². The molecule has 0 bridgehead atoms. The molecule has 0 atom stereocenters. The van der Waals surface area contributed by atoms with Crippen molar-refractivity contribution in [3.05, 3.63) is 68.7 Å². The van der Waals surface area contributed by atoms with Crippen molar-refractivity contribution in [3.8, 4) is 10.6 Å². The third-order valence-corrected chi connectivity index (χ3v) is 4.67. The highest BCUT2D eigenvalue weighted by atomic mass is 32.1. The van der Waals surface area contributed by atoms with E-state index < -0.39 is 10.8 Å². The highest BCUT2D eigenvalue weighted by Gasteiger charge is 2.12. The van der Waals surface area contributed by atoms with Crippen LogP contribution in [0.2, 0.25) is 0 Å². The molecule has 2 aromatic heterocycles. The van der Waals surface area contributed by atoms with E-state index in [0.29, 0.717) is 11.3 Å². The number of benzene rings is 1. The Balaban J connectivity index is 1.68. The van der Waals surface area contributed by atoms with E-state index in [1.165, 1.54) is 17.0 Å². The van der Waals surface area contributed by atoms with Gasteiger partial charge in [0.05, 0.1) is 21.2 Å². The molecule has 0 aliphatic rings. The standard InChI is InChI=1S/C17H15N5O3S/c1-10-3-8-16(26-10)14-9-15(20-19-14)17(23)21-18-11(2)12-4-6-13(7-5-12)22(24)25/h3-9H,1-2H3,(H,19,20)(H,21,23). The van der Waals surface area contributed by atoms with E-state index >= 15 is 0 Å². The molecule has 2 heterocycles. The normalized spacial score (nSPS) is 11.4. The molecule has 0 radical (unpaired) electrons. The summed E-state index contributed by atoms with van der Waals surface area (Å²) in [5, 5.41) is 21.5. The van der Waals surface area contributed by atoms with Gasteiger partial charge < -0.3 is 0 Å². The number of aryl methyl sites for hydroxylation is 1. The molecule has 0 saturated heterocycles. The van der Waals surface area contributed by atoms with Crippen molar-refractivity contribution in [2.24, 2.45) is 5.10 Å². The summed E-state index contributed by atoms with van der Waals surface area (Å²) >= 11 is 1.61. The first kappa shape index (κ1) is 17.5. The molecule has 0 aliphatic carbocycles. The van der Waals surface area contributed by atoms with Crippen molar-refractivity contribution in [1.82, 2.24) is 15.6 Å². The van der Waals surface area contributed by atoms with Crippen molar-refractivity contribution in [1.29, 1.82) is 0 Å². The first-order valence-electron chi connectivity index (χ1n) is 7.65. The third kappa shape index (κ3) is 3.83. The fourth-order valence-corrected chi connectivity index (χ4v) is 3.06. The van der Waals surface area contributed by atoms with Gasteiger partial charge in [0.15, 0.2) is 5.69 Å². The lowest BCUT2D eigenvalue weighted by atomic mass is 10.1. The van der Waals surface area contributed by atoms with Gasteiger partial charge in [0.1, 0.15) is 0 Å². The molecule has 0 fully saturated rings. The minimum Gasteiger partial charge on any atom is -0.276 e. The molecule has 0 saturated carbocycles. The molecule has 0 spiro atoms. The second kappa shape index (κ2) is 7.28. The quantitative estimate of drug-likeness (QED) is 0.407. The Morgan fingerprint density at radius 2 is 2.00 bits per heavy atom. The van der Waals surface area contributed by atoms with Gasteiger partial charge in [0.2, 0.25) is 0 Å². The number of aromatic nitrogens is 2. The van der Waals surface area contributed by atoms with Gasteiger partial charge in [-0.1, -0.05) is 0 Å². The molecule has 1 amide bonds. The van der Waals surface area contributed by atoms with Crippen LogP contribution in [0.1, 0.15) is 27.9 Å². The van der Waals surface area contributed by atoms with Crippen LogP contribution < -0.4 is 5.43 Å². The molecular formula is C17H15N5O3S. The second-order valence-electron chi connectivity index (χ2n) is 5.52.